The van der Waals surface area contributed by atoms with Crippen LogP contribution in [0.1, 0.15) is 10.5 Å². The van der Waals surface area contributed by atoms with Crippen LogP contribution in [-0.4, -0.2) is 33.1 Å². The molecule has 3 heterocycles. The molecule has 3 aromatic heterocycles. The number of aromatic nitrogens is 4. The van der Waals surface area contributed by atoms with E-state index in [-0.39, 0.29) is 5.91 Å². The van der Waals surface area contributed by atoms with Gasteiger partial charge in [-0.25, -0.2) is 4.98 Å². The number of aromatic amines is 1. The molecule has 0 aliphatic rings. The van der Waals surface area contributed by atoms with Crippen LogP contribution < -0.4 is 16.4 Å². The number of nitrogens with two attached hydrogens (primary N) is 1. The summed E-state index contributed by atoms with van der Waals surface area (Å²) in [6, 6.07) is 11.1. The zero-order valence-electron chi connectivity index (χ0n) is 14.5. The first-order valence-electron chi connectivity index (χ1n) is 8.28. The van der Waals surface area contributed by atoms with Crippen LogP contribution in [0.4, 0.5) is 17.2 Å². The van der Waals surface area contributed by atoms with Gasteiger partial charge in [0.25, 0.3) is 5.91 Å². The summed E-state index contributed by atoms with van der Waals surface area (Å²) in [4.78, 5) is 21.0. The molecule has 0 aliphatic carbocycles. The normalized spacial score (nSPS) is 10.7. The molecular formula is C19H17N7O. The van der Waals surface area contributed by atoms with Crippen LogP contribution >= 0.6 is 0 Å². The molecule has 0 saturated carbocycles. The number of nitrogens with zero attached hydrogens (tertiary/aromatic N) is 3. The third-order valence-electron chi connectivity index (χ3n) is 4.15. The molecule has 0 spiro atoms. The van der Waals surface area contributed by atoms with Crippen molar-refractivity contribution in [1.29, 1.82) is 0 Å². The van der Waals surface area contributed by atoms with Crippen molar-refractivity contribution in [3.05, 3.63) is 60.7 Å². The summed E-state index contributed by atoms with van der Waals surface area (Å²) in [6.45, 7) is 0. The monoisotopic (exact) mass is 359 g/mol. The third-order valence-corrected chi connectivity index (χ3v) is 4.15. The van der Waals surface area contributed by atoms with Crippen molar-refractivity contribution in [2.24, 2.45) is 0 Å². The fourth-order valence-electron chi connectivity index (χ4n) is 2.79. The van der Waals surface area contributed by atoms with E-state index in [1.807, 2.05) is 24.3 Å². The highest BCUT2D eigenvalue weighted by Crippen LogP contribution is 2.26. The summed E-state index contributed by atoms with van der Waals surface area (Å²) in [5, 5.41) is 13.5. The number of H-pyrrole nitrogens is 1. The van der Waals surface area contributed by atoms with Gasteiger partial charge >= 0.3 is 0 Å². The minimum atomic E-state index is -0.317. The number of anilines is 3. The lowest BCUT2D eigenvalue weighted by Crippen LogP contribution is -2.13. The van der Waals surface area contributed by atoms with Crippen molar-refractivity contribution in [2.75, 3.05) is 23.4 Å². The number of amides is 1. The second-order valence-electron chi connectivity index (χ2n) is 5.98. The van der Waals surface area contributed by atoms with Gasteiger partial charge < -0.3 is 16.4 Å². The minimum absolute atomic E-state index is 0.307. The number of nitrogen functional groups attached to an aromatic ring is 1. The van der Waals surface area contributed by atoms with Gasteiger partial charge in [-0.1, -0.05) is 6.07 Å². The van der Waals surface area contributed by atoms with E-state index in [9.17, 15) is 4.79 Å². The van der Waals surface area contributed by atoms with E-state index >= 15 is 0 Å². The van der Waals surface area contributed by atoms with Crippen LogP contribution in [0.2, 0.25) is 0 Å². The molecule has 4 rings (SSSR count). The Kier molecular flexibility index (Phi) is 4.13. The number of hydrogen-bond donors (Lipinski definition) is 4. The maximum absolute atomic E-state index is 12.7. The van der Waals surface area contributed by atoms with E-state index < -0.39 is 0 Å². The molecule has 0 aliphatic heterocycles. The lowest BCUT2D eigenvalue weighted by Gasteiger charge is -2.05. The van der Waals surface area contributed by atoms with Crippen molar-refractivity contribution < 1.29 is 4.79 Å². The first kappa shape index (κ1) is 16.5. The van der Waals surface area contributed by atoms with Gasteiger partial charge in [0.1, 0.15) is 5.82 Å². The molecule has 0 atom stereocenters. The molecule has 0 saturated heterocycles. The number of carbonyl (C=O) groups is 1. The highest BCUT2D eigenvalue weighted by molar-refractivity contribution is 6.11. The van der Waals surface area contributed by atoms with E-state index in [2.05, 4.69) is 30.8 Å². The Hall–Kier alpha value is -3.94. The quantitative estimate of drug-likeness (QED) is 0.444. The van der Waals surface area contributed by atoms with Gasteiger partial charge in [0.15, 0.2) is 5.69 Å². The molecule has 0 unspecified atom stereocenters. The highest BCUT2D eigenvalue weighted by Gasteiger charge is 2.15. The summed E-state index contributed by atoms with van der Waals surface area (Å²) < 4.78 is 0. The first-order valence-corrected chi connectivity index (χ1v) is 8.28. The van der Waals surface area contributed by atoms with Crippen LogP contribution in [0.3, 0.4) is 0 Å². The van der Waals surface area contributed by atoms with E-state index in [1.54, 1.807) is 37.8 Å². The number of nitrogens with one attached hydrogen (secondary N) is 3. The van der Waals surface area contributed by atoms with Crippen LogP contribution in [0, 0.1) is 0 Å². The molecule has 1 aromatic carbocycles. The van der Waals surface area contributed by atoms with Gasteiger partial charge in [-0.3, -0.25) is 14.9 Å². The summed E-state index contributed by atoms with van der Waals surface area (Å²) >= 11 is 0. The van der Waals surface area contributed by atoms with Crippen molar-refractivity contribution in [3.63, 3.8) is 0 Å². The smallest absolute Gasteiger partial charge is 0.276 e. The SMILES string of the molecule is CNc1ccc(NC(=O)c2n[nH]c3ccc(-c4cncc(N)c4)cc23)cn1. The predicted molar refractivity (Wildman–Crippen MR) is 105 cm³/mol. The largest absolute Gasteiger partial charge is 0.397 e. The third kappa shape index (κ3) is 3.28. The van der Waals surface area contributed by atoms with E-state index in [1.165, 1.54) is 0 Å². The Morgan fingerprint density at radius 1 is 1.07 bits per heavy atom. The summed E-state index contributed by atoms with van der Waals surface area (Å²) in [5.41, 5.74) is 9.83. The topological polar surface area (TPSA) is 122 Å². The first-order chi connectivity index (χ1) is 13.1. The number of pyridine rings is 2. The van der Waals surface area contributed by atoms with Gasteiger partial charge in [0.2, 0.25) is 0 Å². The average Bonchev–Trinajstić information content (AvgIpc) is 3.12. The van der Waals surface area contributed by atoms with Crippen LogP contribution in [0.5, 0.6) is 0 Å². The van der Waals surface area contributed by atoms with Crippen molar-refractivity contribution in [3.8, 4) is 11.1 Å². The molecular weight excluding hydrogens is 342 g/mol. The Bertz CT molecular complexity index is 1120. The number of carbonyl (C=O) groups excluding carboxylic acids is 1. The summed E-state index contributed by atoms with van der Waals surface area (Å²) in [5.74, 6) is 0.404. The zero-order chi connectivity index (χ0) is 18.8. The van der Waals surface area contributed by atoms with Gasteiger partial charge in [0.05, 0.1) is 23.1 Å². The number of benzene rings is 1. The van der Waals surface area contributed by atoms with Crippen LogP contribution in [-0.2, 0) is 0 Å². The maximum Gasteiger partial charge on any atom is 0.276 e. The molecule has 134 valence electrons. The predicted octanol–water partition coefficient (Wildman–Crippen LogP) is 2.90. The van der Waals surface area contributed by atoms with E-state index in [4.69, 9.17) is 5.73 Å². The molecule has 8 heteroatoms. The molecule has 0 radical (unpaired) electrons. The fraction of sp³-hybridized carbons (Fsp3) is 0.0526. The fourth-order valence-corrected chi connectivity index (χ4v) is 2.79. The summed E-state index contributed by atoms with van der Waals surface area (Å²) in [7, 11) is 1.78. The lowest BCUT2D eigenvalue weighted by molar-refractivity contribution is 0.102. The lowest BCUT2D eigenvalue weighted by atomic mass is 10.0. The van der Waals surface area contributed by atoms with E-state index in [0.29, 0.717) is 22.5 Å². The Labute approximate surface area is 154 Å². The van der Waals surface area contributed by atoms with Crippen molar-refractivity contribution in [1.82, 2.24) is 20.2 Å². The zero-order valence-corrected chi connectivity index (χ0v) is 14.5. The number of rotatable bonds is 4. The van der Waals surface area contributed by atoms with Gasteiger partial charge in [-0.15, -0.1) is 0 Å². The molecule has 1 amide bonds. The maximum atomic E-state index is 12.7. The minimum Gasteiger partial charge on any atom is -0.397 e. The van der Waals surface area contributed by atoms with Crippen LogP contribution in [0.25, 0.3) is 22.0 Å². The molecule has 8 nitrogen and oxygen atoms in total. The molecule has 5 N–H and O–H groups in total. The second kappa shape index (κ2) is 6.75. The van der Waals surface area contributed by atoms with Gasteiger partial charge in [-0.05, 0) is 35.9 Å². The molecule has 4 aromatic rings. The second-order valence-corrected chi connectivity index (χ2v) is 5.98. The number of fused-ring (bicyclic) bond motifs is 1. The standard InChI is InChI=1S/C19H17N7O/c1-21-17-5-3-14(10-23-17)24-19(27)18-15-7-11(2-4-16(15)25-26-18)12-6-13(20)9-22-8-12/h2-10H,20H2,1H3,(H,21,23)(H,24,27)(H,25,26). The van der Waals surface area contributed by atoms with E-state index in [0.717, 1.165) is 22.5 Å². The highest BCUT2D eigenvalue weighted by atomic mass is 16.1. The number of hydrogen-bond acceptors (Lipinski definition) is 6. The van der Waals surface area contributed by atoms with Crippen molar-refractivity contribution >= 4 is 34.0 Å². The van der Waals surface area contributed by atoms with Crippen LogP contribution in [0.15, 0.2) is 55.0 Å². The average molecular weight is 359 g/mol. The van der Waals surface area contributed by atoms with Crippen molar-refractivity contribution in [2.45, 2.75) is 0 Å². The molecule has 0 fully saturated rings. The molecule has 27 heavy (non-hydrogen) atoms. The summed E-state index contributed by atoms with van der Waals surface area (Å²) in [6.07, 6.45) is 4.90. The van der Waals surface area contributed by atoms with Gasteiger partial charge in [-0.2, -0.15) is 5.10 Å². The Balaban J connectivity index is 1.66. The Morgan fingerprint density at radius 3 is 2.70 bits per heavy atom. The molecule has 0 bridgehead atoms. The van der Waals surface area contributed by atoms with Gasteiger partial charge in [0, 0.05) is 30.4 Å². The Morgan fingerprint density at radius 2 is 1.96 bits per heavy atom.